The Morgan fingerprint density at radius 2 is 2.03 bits per heavy atom. The Kier molecular flexibility index (Phi) is 9.81. The van der Waals surface area contributed by atoms with Gasteiger partial charge in [0.25, 0.3) is 0 Å². The van der Waals surface area contributed by atoms with Crippen LogP contribution in [-0.4, -0.2) is 41.3 Å². The van der Waals surface area contributed by atoms with Crippen molar-refractivity contribution in [2.45, 2.75) is 57.2 Å². The number of carbonyl (C=O) groups excluding carboxylic acids is 2. The second-order valence-electron chi connectivity index (χ2n) is 7.57. The summed E-state index contributed by atoms with van der Waals surface area (Å²) in [4.78, 5) is 23.3. The summed E-state index contributed by atoms with van der Waals surface area (Å²) in [5.41, 5.74) is 1.17. The molecule has 2 rings (SSSR count). The van der Waals surface area contributed by atoms with E-state index in [1.165, 1.54) is 12.7 Å². The number of hydrogen-bond acceptors (Lipinski definition) is 5. The largest absolute Gasteiger partial charge is 0.469 e. The number of aryl methyl sites for hydroxylation is 1. The molecule has 0 spiro atoms. The predicted octanol–water partition coefficient (Wildman–Crippen LogP) is 3.39. The van der Waals surface area contributed by atoms with Crippen molar-refractivity contribution in [3.05, 3.63) is 60.2 Å². The number of ketones is 1. The van der Waals surface area contributed by atoms with E-state index in [1.807, 2.05) is 42.5 Å². The summed E-state index contributed by atoms with van der Waals surface area (Å²) in [5.74, 6) is -0.693. The topological polar surface area (TPSA) is 83.8 Å². The number of carbonyl (C=O) groups is 2. The van der Waals surface area contributed by atoms with E-state index in [0.717, 1.165) is 12.8 Å². The average molecular weight is 401 g/mol. The molecule has 1 fully saturated rings. The zero-order valence-electron chi connectivity index (χ0n) is 17.1. The number of benzene rings is 1. The maximum Gasteiger partial charge on any atom is 0.305 e. The van der Waals surface area contributed by atoms with Gasteiger partial charge in [-0.25, -0.2) is 0 Å². The molecule has 0 aliphatic heterocycles. The van der Waals surface area contributed by atoms with Crippen LogP contribution in [0.1, 0.15) is 44.1 Å². The van der Waals surface area contributed by atoms with Crippen molar-refractivity contribution in [2.75, 3.05) is 7.11 Å². The van der Waals surface area contributed by atoms with Gasteiger partial charge in [-0.2, -0.15) is 0 Å². The lowest BCUT2D eigenvalue weighted by Crippen LogP contribution is -2.19. The predicted molar refractivity (Wildman–Crippen MR) is 112 cm³/mol. The van der Waals surface area contributed by atoms with Crippen LogP contribution in [0.3, 0.4) is 0 Å². The van der Waals surface area contributed by atoms with Gasteiger partial charge in [0.05, 0.1) is 19.3 Å². The first-order chi connectivity index (χ1) is 14.0. The number of aliphatic hydroxyl groups is 2. The second kappa shape index (κ2) is 12.3. The summed E-state index contributed by atoms with van der Waals surface area (Å²) in [7, 11) is 1.38. The second-order valence-corrected chi connectivity index (χ2v) is 7.57. The van der Waals surface area contributed by atoms with Gasteiger partial charge in [-0.3, -0.25) is 9.59 Å². The summed E-state index contributed by atoms with van der Waals surface area (Å²) < 4.78 is 4.60. The van der Waals surface area contributed by atoms with E-state index in [1.54, 1.807) is 12.2 Å². The average Bonchev–Trinajstić information content (AvgIpc) is 3.00. The molecule has 5 nitrogen and oxygen atoms in total. The molecule has 0 bridgehead atoms. The van der Waals surface area contributed by atoms with Crippen LogP contribution in [0.2, 0.25) is 0 Å². The molecular formula is C24H32O5. The molecule has 5 heteroatoms. The normalized spacial score (nSPS) is 23.1. The summed E-state index contributed by atoms with van der Waals surface area (Å²) in [5, 5.41) is 20.5. The molecule has 1 unspecified atom stereocenters. The Hall–Kier alpha value is -2.24. The zero-order chi connectivity index (χ0) is 21.1. The molecule has 29 heavy (non-hydrogen) atoms. The Morgan fingerprint density at radius 1 is 1.28 bits per heavy atom. The van der Waals surface area contributed by atoms with Gasteiger partial charge < -0.3 is 14.9 Å². The van der Waals surface area contributed by atoms with Crippen molar-refractivity contribution in [1.29, 1.82) is 0 Å². The SMILES string of the molecule is COC(=O)CCC/C=C\C[C@H]1C(=O)C[C@@H](O)C1/C=C/[C@@H](O)CCc1ccccc1. The summed E-state index contributed by atoms with van der Waals surface area (Å²) in [6.07, 6.45) is 10.1. The van der Waals surface area contributed by atoms with Gasteiger partial charge in [0, 0.05) is 24.7 Å². The number of ether oxygens (including phenoxy) is 1. The van der Waals surface area contributed by atoms with E-state index in [2.05, 4.69) is 4.74 Å². The third-order valence-electron chi connectivity index (χ3n) is 5.40. The Morgan fingerprint density at radius 3 is 2.76 bits per heavy atom. The van der Waals surface area contributed by atoms with E-state index in [0.29, 0.717) is 25.7 Å². The number of rotatable bonds is 11. The molecule has 0 aromatic heterocycles. The minimum absolute atomic E-state index is 0.0603. The molecule has 0 radical (unpaired) electrons. The van der Waals surface area contributed by atoms with Crippen LogP contribution >= 0.6 is 0 Å². The van der Waals surface area contributed by atoms with Crippen molar-refractivity contribution in [1.82, 2.24) is 0 Å². The number of allylic oxidation sites excluding steroid dienone is 2. The molecule has 0 amide bonds. The van der Waals surface area contributed by atoms with E-state index in [4.69, 9.17) is 0 Å². The highest BCUT2D eigenvalue weighted by molar-refractivity contribution is 5.84. The third kappa shape index (κ3) is 7.95. The Bertz CT molecular complexity index is 694. The lowest BCUT2D eigenvalue weighted by Gasteiger charge is -2.16. The smallest absolute Gasteiger partial charge is 0.305 e. The van der Waals surface area contributed by atoms with Gasteiger partial charge in [0.2, 0.25) is 0 Å². The van der Waals surface area contributed by atoms with Crippen molar-refractivity contribution in [3.63, 3.8) is 0 Å². The van der Waals surface area contributed by atoms with Crippen molar-refractivity contribution in [3.8, 4) is 0 Å². The molecule has 4 atom stereocenters. The molecule has 1 aliphatic carbocycles. The van der Waals surface area contributed by atoms with Crippen LogP contribution in [0.4, 0.5) is 0 Å². The van der Waals surface area contributed by atoms with Crippen LogP contribution in [-0.2, 0) is 20.7 Å². The van der Waals surface area contributed by atoms with Gasteiger partial charge in [0.15, 0.2) is 0 Å². The first-order valence-corrected chi connectivity index (χ1v) is 10.3. The lowest BCUT2D eigenvalue weighted by molar-refractivity contribution is -0.140. The lowest BCUT2D eigenvalue weighted by atomic mass is 9.90. The molecule has 158 valence electrons. The molecule has 1 saturated carbocycles. The maximum absolute atomic E-state index is 12.2. The fourth-order valence-electron chi connectivity index (χ4n) is 3.67. The van der Waals surface area contributed by atoms with Crippen LogP contribution < -0.4 is 0 Å². The van der Waals surface area contributed by atoms with Gasteiger partial charge in [-0.05, 0) is 37.7 Å². The molecule has 2 N–H and O–H groups in total. The summed E-state index contributed by atoms with van der Waals surface area (Å²) in [6.45, 7) is 0. The van der Waals surface area contributed by atoms with Crippen molar-refractivity contribution >= 4 is 11.8 Å². The van der Waals surface area contributed by atoms with Gasteiger partial charge in [-0.15, -0.1) is 0 Å². The maximum atomic E-state index is 12.2. The van der Waals surface area contributed by atoms with E-state index in [-0.39, 0.29) is 30.0 Å². The number of esters is 1. The number of aliphatic hydroxyl groups excluding tert-OH is 2. The molecular weight excluding hydrogens is 368 g/mol. The highest BCUT2D eigenvalue weighted by Gasteiger charge is 2.39. The Balaban J connectivity index is 1.81. The van der Waals surface area contributed by atoms with E-state index < -0.39 is 12.2 Å². The van der Waals surface area contributed by atoms with Crippen LogP contribution in [0, 0.1) is 11.8 Å². The molecule has 1 aliphatic rings. The number of unbranched alkanes of at least 4 members (excludes halogenated alkanes) is 1. The minimum atomic E-state index is -0.696. The first kappa shape index (κ1) is 23.0. The van der Waals surface area contributed by atoms with Crippen molar-refractivity contribution < 1.29 is 24.5 Å². The number of hydrogen-bond donors (Lipinski definition) is 2. The van der Waals surface area contributed by atoms with E-state index >= 15 is 0 Å². The summed E-state index contributed by atoms with van der Waals surface area (Å²) in [6, 6.07) is 9.98. The fraction of sp³-hybridized carbons (Fsp3) is 0.500. The highest BCUT2D eigenvalue weighted by Crippen LogP contribution is 2.33. The van der Waals surface area contributed by atoms with Crippen molar-refractivity contribution in [2.24, 2.45) is 11.8 Å². The molecule has 0 heterocycles. The third-order valence-corrected chi connectivity index (χ3v) is 5.40. The van der Waals surface area contributed by atoms with E-state index in [9.17, 15) is 19.8 Å². The van der Waals surface area contributed by atoms with Gasteiger partial charge in [0.1, 0.15) is 5.78 Å². The molecule has 1 aromatic rings. The number of methoxy groups -OCH3 is 1. The van der Waals surface area contributed by atoms with Crippen LogP contribution in [0.5, 0.6) is 0 Å². The molecule has 1 aromatic carbocycles. The van der Waals surface area contributed by atoms with Gasteiger partial charge in [-0.1, -0.05) is 54.6 Å². The highest BCUT2D eigenvalue weighted by atomic mass is 16.5. The quantitative estimate of drug-likeness (QED) is 0.338. The minimum Gasteiger partial charge on any atom is -0.469 e. The standard InChI is InChI=1S/C24H32O5/c1-29-24(28)12-8-3-2-7-11-20-21(23(27)17-22(20)26)16-15-19(25)14-13-18-9-5-4-6-10-18/h2,4-7,9-10,15-16,19-21,23,25,27H,3,8,11-14,17H2,1H3/b7-2-,16-15+/t19-,20+,21?,23+/m0/s1. The zero-order valence-corrected chi connectivity index (χ0v) is 17.1. The van der Waals surface area contributed by atoms with Crippen LogP contribution in [0.15, 0.2) is 54.6 Å². The van der Waals surface area contributed by atoms with Crippen LogP contribution in [0.25, 0.3) is 0 Å². The number of Topliss-reactive ketones (excluding diaryl/α,β-unsaturated/α-hetero) is 1. The Labute approximate surface area is 173 Å². The fourth-order valence-corrected chi connectivity index (χ4v) is 3.67. The first-order valence-electron chi connectivity index (χ1n) is 10.3. The monoisotopic (exact) mass is 400 g/mol. The van der Waals surface area contributed by atoms with Gasteiger partial charge >= 0.3 is 5.97 Å². The summed E-state index contributed by atoms with van der Waals surface area (Å²) >= 11 is 0. The molecule has 0 saturated heterocycles.